The second-order valence-electron chi connectivity index (χ2n) is 5.44. The third kappa shape index (κ3) is 3.49. The number of para-hydroxylation sites is 1. The van der Waals surface area contributed by atoms with E-state index in [0.29, 0.717) is 0 Å². The lowest BCUT2D eigenvalue weighted by molar-refractivity contribution is 0.437. The van der Waals surface area contributed by atoms with Crippen LogP contribution in [0, 0.1) is 0 Å². The lowest BCUT2D eigenvalue weighted by atomic mass is 10.1. The molecular weight excluding hydrogens is 314 g/mol. The Hall–Kier alpha value is -1.42. The van der Waals surface area contributed by atoms with Crippen molar-refractivity contribution in [2.24, 2.45) is 0 Å². The van der Waals surface area contributed by atoms with E-state index in [1.807, 2.05) is 48.2 Å². The van der Waals surface area contributed by atoms with Gasteiger partial charge in [0, 0.05) is 33.4 Å². The van der Waals surface area contributed by atoms with Gasteiger partial charge in [0.25, 0.3) is 0 Å². The summed E-state index contributed by atoms with van der Waals surface area (Å²) >= 11 is 8.03. The molecule has 0 fully saturated rings. The quantitative estimate of drug-likeness (QED) is 0.760. The molecule has 0 aromatic heterocycles. The first-order valence-electron chi connectivity index (χ1n) is 7.19. The van der Waals surface area contributed by atoms with Gasteiger partial charge >= 0.3 is 0 Å². The molecule has 22 heavy (non-hydrogen) atoms. The van der Waals surface area contributed by atoms with Gasteiger partial charge in [-0.3, -0.25) is 0 Å². The molecule has 0 aliphatic carbocycles. The average Bonchev–Trinajstić information content (AvgIpc) is 2.64. The molecule has 0 saturated carbocycles. The smallest absolute Gasteiger partial charge is 0.135 e. The summed E-state index contributed by atoms with van der Waals surface area (Å²) in [5, 5.41) is 0.729. The van der Waals surface area contributed by atoms with Gasteiger partial charge in [-0.2, -0.15) is 0 Å². The maximum Gasteiger partial charge on any atom is 0.135 e. The predicted octanol–water partition coefficient (Wildman–Crippen LogP) is 5.24. The van der Waals surface area contributed by atoms with Crippen LogP contribution in [0.25, 0.3) is 11.0 Å². The van der Waals surface area contributed by atoms with Crippen LogP contribution in [0.3, 0.4) is 0 Å². The first-order chi connectivity index (χ1) is 10.6. The highest BCUT2D eigenvalue weighted by molar-refractivity contribution is 8.08. The monoisotopic (exact) mass is 331 g/mol. The summed E-state index contributed by atoms with van der Waals surface area (Å²) in [6.07, 6.45) is 2.19. The van der Waals surface area contributed by atoms with Crippen molar-refractivity contribution in [1.29, 1.82) is 0 Å². The zero-order chi connectivity index (χ0) is 15.5. The van der Waals surface area contributed by atoms with Crippen molar-refractivity contribution >= 4 is 34.3 Å². The normalized spacial score (nSPS) is 13.0. The molecule has 2 aromatic carbocycles. The second kappa shape index (κ2) is 6.78. The summed E-state index contributed by atoms with van der Waals surface area (Å²) in [6, 6.07) is 13.9. The van der Waals surface area contributed by atoms with E-state index < -0.39 is 0 Å². The fourth-order valence-corrected chi connectivity index (χ4v) is 3.65. The van der Waals surface area contributed by atoms with Crippen molar-refractivity contribution in [1.82, 2.24) is 4.90 Å². The number of hydrogen-bond acceptors (Lipinski definition) is 3. The fraction of sp³-hybridized carbons (Fsp3) is 0.222. The molecule has 1 aliphatic heterocycles. The highest BCUT2D eigenvalue weighted by Crippen LogP contribution is 2.43. The van der Waals surface area contributed by atoms with Crippen LogP contribution >= 0.6 is 23.4 Å². The Morgan fingerprint density at radius 1 is 1.09 bits per heavy atom. The fourth-order valence-electron chi connectivity index (χ4n) is 2.27. The standard InChI is InChI=1S/C18H18ClNOS/c1-20(2)9-10-22-18-11-13-5-3-4-6-16(13)21-17-8-7-14(19)12-15(17)18/h3-8,11-12H,9-10H2,1-2H3. The number of ether oxygens (including phenoxy) is 1. The average molecular weight is 332 g/mol. The number of halogens is 1. The molecule has 4 heteroatoms. The number of hydrogen-bond donors (Lipinski definition) is 0. The van der Waals surface area contributed by atoms with E-state index in [9.17, 15) is 0 Å². The van der Waals surface area contributed by atoms with Crippen LogP contribution in [0.15, 0.2) is 42.5 Å². The topological polar surface area (TPSA) is 12.5 Å². The van der Waals surface area contributed by atoms with Gasteiger partial charge in [0.1, 0.15) is 11.5 Å². The lowest BCUT2D eigenvalue weighted by Crippen LogP contribution is -2.14. The number of fused-ring (bicyclic) bond motifs is 2. The Labute approximate surface area is 140 Å². The summed E-state index contributed by atoms with van der Waals surface area (Å²) in [7, 11) is 4.18. The van der Waals surface area contributed by atoms with Crippen LogP contribution in [0.5, 0.6) is 11.5 Å². The molecule has 2 nitrogen and oxygen atoms in total. The molecule has 0 saturated heterocycles. The van der Waals surface area contributed by atoms with E-state index in [-0.39, 0.29) is 0 Å². The van der Waals surface area contributed by atoms with Gasteiger partial charge in [-0.25, -0.2) is 0 Å². The van der Waals surface area contributed by atoms with Gasteiger partial charge in [0.15, 0.2) is 0 Å². The largest absolute Gasteiger partial charge is 0.456 e. The molecule has 114 valence electrons. The minimum Gasteiger partial charge on any atom is -0.456 e. The summed E-state index contributed by atoms with van der Waals surface area (Å²) < 4.78 is 6.08. The van der Waals surface area contributed by atoms with Gasteiger partial charge in [-0.15, -0.1) is 11.8 Å². The van der Waals surface area contributed by atoms with E-state index in [4.69, 9.17) is 16.3 Å². The highest BCUT2D eigenvalue weighted by Gasteiger charge is 2.17. The summed E-state index contributed by atoms with van der Waals surface area (Å²) in [6.45, 7) is 1.03. The van der Waals surface area contributed by atoms with Gasteiger partial charge in [-0.1, -0.05) is 29.8 Å². The summed E-state index contributed by atoms with van der Waals surface area (Å²) in [5.41, 5.74) is 2.16. The number of rotatable bonds is 4. The summed E-state index contributed by atoms with van der Waals surface area (Å²) in [4.78, 5) is 3.39. The van der Waals surface area contributed by atoms with E-state index in [2.05, 4.69) is 31.1 Å². The molecule has 1 heterocycles. The first-order valence-corrected chi connectivity index (χ1v) is 8.56. The molecule has 0 atom stereocenters. The number of benzene rings is 2. The molecule has 0 radical (unpaired) electrons. The number of thioether (sulfide) groups is 1. The Kier molecular flexibility index (Phi) is 4.77. The van der Waals surface area contributed by atoms with Crippen LogP contribution in [-0.4, -0.2) is 31.3 Å². The maximum absolute atomic E-state index is 6.19. The van der Waals surface area contributed by atoms with Gasteiger partial charge in [-0.05, 0) is 44.4 Å². The Morgan fingerprint density at radius 3 is 2.73 bits per heavy atom. The molecule has 0 bridgehead atoms. The SMILES string of the molecule is CN(C)CCSC1=Cc2ccccc2Oc2ccc(Cl)cc21. The van der Waals surface area contributed by atoms with Crippen molar-refractivity contribution in [3.05, 3.63) is 58.6 Å². The second-order valence-corrected chi connectivity index (χ2v) is 7.01. The molecule has 0 amide bonds. The Bertz CT molecular complexity index is 712. The highest BCUT2D eigenvalue weighted by atomic mass is 35.5. The van der Waals surface area contributed by atoms with E-state index in [0.717, 1.165) is 39.9 Å². The zero-order valence-electron chi connectivity index (χ0n) is 12.7. The lowest BCUT2D eigenvalue weighted by Gasteiger charge is -2.13. The van der Waals surface area contributed by atoms with Crippen molar-refractivity contribution in [3.8, 4) is 11.5 Å². The van der Waals surface area contributed by atoms with Crippen LogP contribution in [0.2, 0.25) is 5.02 Å². The van der Waals surface area contributed by atoms with Crippen molar-refractivity contribution in [3.63, 3.8) is 0 Å². The van der Waals surface area contributed by atoms with Crippen molar-refractivity contribution in [2.75, 3.05) is 26.4 Å². The molecule has 1 aliphatic rings. The van der Waals surface area contributed by atoms with Gasteiger partial charge in [0.2, 0.25) is 0 Å². The minimum absolute atomic E-state index is 0.729. The summed E-state index contributed by atoms with van der Waals surface area (Å²) in [5.74, 6) is 2.76. The van der Waals surface area contributed by atoms with Crippen molar-refractivity contribution < 1.29 is 4.74 Å². The molecule has 0 N–H and O–H groups in total. The van der Waals surface area contributed by atoms with E-state index in [1.165, 1.54) is 4.91 Å². The van der Waals surface area contributed by atoms with Crippen LogP contribution < -0.4 is 4.74 Å². The van der Waals surface area contributed by atoms with Crippen LogP contribution in [-0.2, 0) is 0 Å². The van der Waals surface area contributed by atoms with E-state index >= 15 is 0 Å². The third-order valence-electron chi connectivity index (χ3n) is 3.43. The molecule has 3 rings (SSSR count). The molecular formula is C18H18ClNOS. The molecule has 2 aromatic rings. The Morgan fingerprint density at radius 2 is 1.91 bits per heavy atom. The minimum atomic E-state index is 0.729. The third-order valence-corrected chi connectivity index (χ3v) is 4.70. The zero-order valence-corrected chi connectivity index (χ0v) is 14.2. The number of nitrogens with zero attached hydrogens (tertiary/aromatic N) is 1. The van der Waals surface area contributed by atoms with Crippen LogP contribution in [0.1, 0.15) is 11.1 Å². The van der Waals surface area contributed by atoms with E-state index in [1.54, 1.807) is 0 Å². The predicted molar refractivity (Wildman–Crippen MR) is 96.9 cm³/mol. The molecule has 0 spiro atoms. The Balaban J connectivity index is 2.00. The first kappa shape index (κ1) is 15.5. The van der Waals surface area contributed by atoms with Crippen molar-refractivity contribution in [2.45, 2.75) is 0 Å². The molecule has 0 unspecified atom stereocenters. The van der Waals surface area contributed by atoms with Gasteiger partial charge < -0.3 is 9.64 Å². The van der Waals surface area contributed by atoms with Crippen LogP contribution in [0.4, 0.5) is 0 Å². The van der Waals surface area contributed by atoms with Gasteiger partial charge in [0.05, 0.1) is 0 Å². The maximum atomic E-state index is 6.19.